The standard InChI is InChI=1S/C14H14N2O3/c15-12-3-1-2-11(14(17)18)13(12)19-9-6-10-4-7-16-8-5-10/h1-5,7-8H,6,9,15H2,(H,17,18). The molecule has 1 aromatic heterocycles. The summed E-state index contributed by atoms with van der Waals surface area (Å²) in [6.07, 6.45) is 4.07. The number of nitrogens with zero attached hydrogens (tertiary/aromatic N) is 1. The molecule has 0 bridgehead atoms. The van der Waals surface area contributed by atoms with E-state index in [0.29, 0.717) is 18.7 Å². The van der Waals surface area contributed by atoms with Crippen LogP contribution in [0.2, 0.25) is 0 Å². The molecule has 1 heterocycles. The number of rotatable bonds is 5. The average Bonchev–Trinajstić information content (AvgIpc) is 2.41. The van der Waals surface area contributed by atoms with Gasteiger partial charge in [0.15, 0.2) is 5.75 Å². The molecule has 5 heteroatoms. The maximum atomic E-state index is 11.1. The molecule has 0 atom stereocenters. The van der Waals surface area contributed by atoms with Gasteiger partial charge in [0.1, 0.15) is 5.56 Å². The molecule has 0 aliphatic rings. The number of anilines is 1. The van der Waals surface area contributed by atoms with Gasteiger partial charge in [-0.1, -0.05) is 6.07 Å². The van der Waals surface area contributed by atoms with Gasteiger partial charge in [-0.2, -0.15) is 0 Å². The molecule has 3 N–H and O–H groups in total. The molecule has 0 aliphatic carbocycles. The summed E-state index contributed by atoms with van der Waals surface area (Å²) in [5, 5.41) is 9.06. The molecule has 0 spiro atoms. The second-order valence-electron chi connectivity index (χ2n) is 3.98. The highest BCUT2D eigenvalue weighted by Crippen LogP contribution is 2.26. The number of carboxylic acids is 1. The quantitative estimate of drug-likeness (QED) is 0.801. The van der Waals surface area contributed by atoms with Gasteiger partial charge in [-0.15, -0.1) is 0 Å². The van der Waals surface area contributed by atoms with Crippen LogP contribution < -0.4 is 10.5 Å². The molecule has 5 nitrogen and oxygen atoms in total. The number of hydrogen-bond donors (Lipinski definition) is 2. The first-order valence-corrected chi connectivity index (χ1v) is 5.82. The molecule has 2 rings (SSSR count). The van der Waals surface area contributed by atoms with E-state index in [0.717, 1.165) is 5.56 Å². The van der Waals surface area contributed by atoms with Crippen LogP contribution in [0, 0.1) is 0 Å². The minimum atomic E-state index is -1.05. The molecule has 0 saturated carbocycles. The van der Waals surface area contributed by atoms with E-state index in [9.17, 15) is 4.79 Å². The van der Waals surface area contributed by atoms with Crippen LogP contribution in [-0.2, 0) is 6.42 Å². The van der Waals surface area contributed by atoms with Gasteiger partial charge in [0.25, 0.3) is 0 Å². The molecule has 0 radical (unpaired) electrons. The fourth-order valence-corrected chi connectivity index (χ4v) is 1.70. The average molecular weight is 258 g/mol. The van der Waals surface area contributed by atoms with Gasteiger partial charge in [-0.3, -0.25) is 4.98 Å². The molecule has 1 aromatic carbocycles. The Morgan fingerprint density at radius 2 is 2.00 bits per heavy atom. The van der Waals surface area contributed by atoms with E-state index in [4.69, 9.17) is 15.6 Å². The highest BCUT2D eigenvalue weighted by atomic mass is 16.5. The number of aromatic nitrogens is 1. The number of nitrogen functional groups attached to an aromatic ring is 1. The fraction of sp³-hybridized carbons (Fsp3) is 0.143. The van der Waals surface area contributed by atoms with E-state index in [1.54, 1.807) is 24.5 Å². The van der Waals surface area contributed by atoms with Gasteiger partial charge >= 0.3 is 5.97 Å². The summed E-state index contributed by atoms with van der Waals surface area (Å²) < 4.78 is 5.51. The Morgan fingerprint density at radius 1 is 1.26 bits per heavy atom. The lowest BCUT2D eigenvalue weighted by atomic mass is 10.1. The van der Waals surface area contributed by atoms with Crippen molar-refractivity contribution in [1.29, 1.82) is 0 Å². The van der Waals surface area contributed by atoms with Crippen LogP contribution in [0.1, 0.15) is 15.9 Å². The molecule has 0 aliphatic heterocycles. The summed E-state index contributed by atoms with van der Waals surface area (Å²) in [5.74, 6) is -0.824. The maximum absolute atomic E-state index is 11.1. The van der Waals surface area contributed by atoms with Crippen LogP contribution in [0.3, 0.4) is 0 Å². The zero-order valence-corrected chi connectivity index (χ0v) is 10.2. The number of para-hydroxylation sites is 1. The Kier molecular flexibility index (Phi) is 3.97. The maximum Gasteiger partial charge on any atom is 0.339 e. The summed E-state index contributed by atoms with van der Waals surface area (Å²) in [6, 6.07) is 8.45. The first-order valence-electron chi connectivity index (χ1n) is 5.82. The van der Waals surface area contributed by atoms with Crippen LogP contribution in [0.25, 0.3) is 0 Å². The molecule has 0 unspecified atom stereocenters. The SMILES string of the molecule is Nc1cccc(C(=O)O)c1OCCc1ccncc1. The third-order valence-electron chi connectivity index (χ3n) is 2.66. The largest absolute Gasteiger partial charge is 0.490 e. The van der Waals surface area contributed by atoms with Crippen molar-refractivity contribution in [2.45, 2.75) is 6.42 Å². The fourth-order valence-electron chi connectivity index (χ4n) is 1.70. The number of carboxylic acid groups (broad SMARTS) is 1. The van der Waals surface area contributed by atoms with Gasteiger partial charge in [0.05, 0.1) is 12.3 Å². The van der Waals surface area contributed by atoms with Crippen molar-refractivity contribution in [2.75, 3.05) is 12.3 Å². The van der Waals surface area contributed by atoms with E-state index in [-0.39, 0.29) is 11.3 Å². The van der Waals surface area contributed by atoms with Gasteiger partial charge < -0.3 is 15.6 Å². The summed E-state index contributed by atoms with van der Waals surface area (Å²) in [6.45, 7) is 0.360. The van der Waals surface area contributed by atoms with Crippen LogP contribution in [0.15, 0.2) is 42.7 Å². The Morgan fingerprint density at radius 3 is 2.68 bits per heavy atom. The topological polar surface area (TPSA) is 85.4 Å². The van der Waals surface area contributed by atoms with Gasteiger partial charge in [-0.05, 0) is 29.8 Å². The zero-order valence-electron chi connectivity index (χ0n) is 10.2. The summed E-state index contributed by atoms with van der Waals surface area (Å²) in [7, 11) is 0. The van der Waals surface area contributed by atoms with Gasteiger partial charge in [-0.25, -0.2) is 4.79 Å². The van der Waals surface area contributed by atoms with E-state index in [2.05, 4.69) is 4.98 Å². The highest BCUT2D eigenvalue weighted by molar-refractivity contribution is 5.93. The lowest BCUT2D eigenvalue weighted by Crippen LogP contribution is -2.08. The Labute approximate surface area is 110 Å². The molecule has 0 amide bonds. The van der Waals surface area contributed by atoms with Crippen LogP contribution in [0.4, 0.5) is 5.69 Å². The van der Waals surface area contributed by atoms with Crippen molar-refractivity contribution in [3.63, 3.8) is 0 Å². The summed E-state index contributed by atoms with van der Waals surface area (Å²) >= 11 is 0. The molecule has 98 valence electrons. The molecule has 19 heavy (non-hydrogen) atoms. The predicted molar refractivity (Wildman–Crippen MR) is 71.2 cm³/mol. The number of aromatic carboxylic acids is 1. The number of ether oxygens (including phenoxy) is 1. The highest BCUT2D eigenvalue weighted by Gasteiger charge is 2.13. The predicted octanol–water partition coefficient (Wildman–Crippen LogP) is 1.98. The van der Waals surface area contributed by atoms with Crippen molar-refractivity contribution in [1.82, 2.24) is 4.98 Å². The smallest absolute Gasteiger partial charge is 0.339 e. The molecular weight excluding hydrogens is 244 g/mol. The number of carbonyl (C=O) groups is 1. The van der Waals surface area contributed by atoms with E-state index >= 15 is 0 Å². The summed E-state index contributed by atoms with van der Waals surface area (Å²) in [5.41, 5.74) is 7.22. The van der Waals surface area contributed by atoms with E-state index in [1.807, 2.05) is 12.1 Å². The lowest BCUT2D eigenvalue weighted by molar-refractivity contribution is 0.0692. The Hall–Kier alpha value is -2.56. The van der Waals surface area contributed by atoms with Crippen LogP contribution in [-0.4, -0.2) is 22.7 Å². The number of nitrogens with two attached hydrogens (primary N) is 1. The van der Waals surface area contributed by atoms with Gasteiger partial charge in [0.2, 0.25) is 0 Å². The Balaban J connectivity index is 2.05. The lowest BCUT2D eigenvalue weighted by Gasteiger charge is -2.11. The number of benzene rings is 1. The molecule has 0 fully saturated rings. The summed E-state index contributed by atoms with van der Waals surface area (Å²) in [4.78, 5) is 15.0. The first-order chi connectivity index (χ1) is 9.18. The normalized spacial score (nSPS) is 10.1. The van der Waals surface area contributed by atoms with Crippen molar-refractivity contribution < 1.29 is 14.6 Å². The van der Waals surface area contributed by atoms with E-state index in [1.165, 1.54) is 6.07 Å². The first kappa shape index (κ1) is 12.9. The number of pyridine rings is 1. The van der Waals surface area contributed by atoms with Crippen molar-refractivity contribution in [3.05, 3.63) is 53.9 Å². The van der Waals surface area contributed by atoms with Crippen molar-refractivity contribution in [3.8, 4) is 5.75 Å². The zero-order chi connectivity index (χ0) is 13.7. The Bertz CT molecular complexity index is 570. The third kappa shape index (κ3) is 3.22. The second kappa shape index (κ2) is 5.86. The van der Waals surface area contributed by atoms with Crippen LogP contribution >= 0.6 is 0 Å². The minimum absolute atomic E-state index is 0.0785. The van der Waals surface area contributed by atoms with Crippen molar-refractivity contribution in [2.24, 2.45) is 0 Å². The molecular formula is C14H14N2O3. The molecule has 2 aromatic rings. The van der Waals surface area contributed by atoms with Gasteiger partial charge in [0, 0.05) is 18.8 Å². The number of hydrogen-bond acceptors (Lipinski definition) is 4. The minimum Gasteiger partial charge on any atom is -0.490 e. The van der Waals surface area contributed by atoms with Crippen LogP contribution in [0.5, 0.6) is 5.75 Å². The monoisotopic (exact) mass is 258 g/mol. The van der Waals surface area contributed by atoms with Crippen molar-refractivity contribution >= 4 is 11.7 Å². The van der Waals surface area contributed by atoms with E-state index < -0.39 is 5.97 Å². The molecule has 0 saturated heterocycles. The third-order valence-corrected chi connectivity index (χ3v) is 2.66. The second-order valence-corrected chi connectivity index (χ2v) is 3.98.